The van der Waals surface area contributed by atoms with Crippen LogP contribution in [0.5, 0.6) is 0 Å². The van der Waals surface area contributed by atoms with E-state index in [0.717, 1.165) is 28.0 Å². The van der Waals surface area contributed by atoms with Gasteiger partial charge in [-0.2, -0.15) is 0 Å². The molecule has 0 spiro atoms. The molecule has 4 nitrogen and oxygen atoms in total. The Balaban J connectivity index is 1.87. The van der Waals surface area contributed by atoms with Crippen LogP contribution in [0.25, 0.3) is 27.3 Å². The highest BCUT2D eigenvalue weighted by Gasteiger charge is 2.17. The lowest BCUT2D eigenvalue weighted by Crippen LogP contribution is -1.97. The molecule has 0 N–H and O–H groups in total. The number of rotatable bonds is 3. The smallest absolute Gasteiger partial charge is 0.160 e. The van der Waals surface area contributed by atoms with Crippen molar-refractivity contribution in [3.05, 3.63) is 59.5 Å². The fourth-order valence-electron chi connectivity index (χ4n) is 2.76. The molecule has 0 saturated carbocycles. The Labute approximate surface area is 146 Å². The highest BCUT2D eigenvalue weighted by molar-refractivity contribution is 7.13. The predicted molar refractivity (Wildman–Crippen MR) is 93.5 cm³/mol. The number of fused-ring (bicyclic) bond motifs is 1. The Bertz CT molecular complexity index is 1070. The van der Waals surface area contributed by atoms with Crippen LogP contribution in [0.3, 0.4) is 0 Å². The lowest BCUT2D eigenvalue weighted by molar-refractivity contribution is 0.585. The van der Waals surface area contributed by atoms with Crippen molar-refractivity contribution in [2.75, 3.05) is 0 Å². The van der Waals surface area contributed by atoms with Gasteiger partial charge in [0.15, 0.2) is 5.65 Å². The number of halogens is 2. The molecule has 0 atom stereocenters. The van der Waals surface area contributed by atoms with E-state index in [0.29, 0.717) is 5.69 Å². The van der Waals surface area contributed by atoms with E-state index in [1.54, 1.807) is 5.51 Å². The molecular weight excluding hydrogens is 342 g/mol. The van der Waals surface area contributed by atoms with E-state index in [1.165, 1.54) is 23.5 Å². The summed E-state index contributed by atoms with van der Waals surface area (Å²) in [5, 5.41) is 8.39. The van der Waals surface area contributed by atoms with Crippen LogP contribution in [-0.4, -0.2) is 19.6 Å². The molecular formula is C18H14F2N4S. The van der Waals surface area contributed by atoms with E-state index in [-0.39, 0.29) is 11.5 Å². The molecule has 0 fully saturated rings. The van der Waals surface area contributed by atoms with E-state index in [4.69, 9.17) is 0 Å². The Morgan fingerprint density at radius 3 is 2.68 bits per heavy atom. The quantitative estimate of drug-likeness (QED) is 0.523. The van der Waals surface area contributed by atoms with Gasteiger partial charge in [0.1, 0.15) is 17.5 Å². The first-order valence-corrected chi connectivity index (χ1v) is 8.66. The maximum Gasteiger partial charge on any atom is 0.160 e. The van der Waals surface area contributed by atoms with Crippen molar-refractivity contribution in [3.63, 3.8) is 0 Å². The van der Waals surface area contributed by atoms with Crippen molar-refractivity contribution < 1.29 is 8.78 Å². The Morgan fingerprint density at radius 2 is 1.92 bits per heavy atom. The topological polar surface area (TPSA) is 43.1 Å². The fraction of sp³-hybridized carbons (Fsp3) is 0.167. The molecule has 3 heterocycles. The largest absolute Gasteiger partial charge is 0.286 e. The van der Waals surface area contributed by atoms with Crippen LogP contribution in [-0.2, 0) is 0 Å². The van der Waals surface area contributed by atoms with Crippen molar-refractivity contribution in [2.45, 2.75) is 19.8 Å². The molecule has 0 amide bonds. The number of aromatic nitrogens is 4. The third kappa shape index (κ3) is 2.70. The van der Waals surface area contributed by atoms with Crippen molar-refractivity contribution in [2.24, 2.45) is 0 Å². The molecule has 0 radical (unpaired) electrons. The first-order valence-electron chi connectivity index (χ1n) is 7.78. The molecule has 4 aromatic rings. The summed E-state index contributed by atoms with van der Waals surface area (Å²) in [5.74, 6) is -0.150. The van der Waals surface area contributed by atoms with Gasteiger partial charge in [-0.3, -0.25) is 4.40 Å². The van der Waals surface area contributed by atoms with E-state index in [1.807, 2.05) is 22.7 Å². The molecule has 0 saturated heterocycles. The average molecular weight is 356 g/mol. The number of hydrogen-bond acceptors (Lipinski definition) is 4. The predicted octanol–water partition coefficient (Wildman–Crippen LogP) is 4.92. The van der Waals surface area contributed by atoms with E-state index >= 15 is 0 Å². The van der Waals surface area contributed by atoms with Crippen LogP contribution >= 0.6 is 11.3 Å². The molecule has 0 unspecified atom stereocenters. The van der Waals surface area contributed by atoms with Gasteiger partial charge in [-0.05, 0) is 24.3 Å². The lowest BCUT2D eigenvalue weighted by atomic mass is 10.1. The van der Waals surface area contributed by atoms with Crippen LogP contribution in [0.4, 0.5) is 8.78 Å². The van der Waals surface area contributed by atoms with E-state index < -0.39 is 11.6 Å². The van der Waals surface area contributed by atoms with E-state index in [9.17, 15) is 8.78 Å². The summed E-state index contributed by atoms with van der Waals surface area (Å²) >= 11 is 1.41. The molecule has 1 aromatic carbocycles. The van der Waals surface area contributed by atoms with Crippen LogP contribution in [0.15, 0.2) is 42.0 Å². The van der Waals surface area contributed by atoms with Crippen molar-refractivity contribution >= 4 is 17.0 Å². The zero-order valence-corrected chi connectivity index (χ0v) is 14.4. The molecule has 0 aliphatic carbocycles. The van der Waals surface area contributed by atoms with Gasteiger partial charge in [0.25, 0.3) is 0 Å². The third-order valence-electron chi connectivity index (χ3n) is 3.96. The molecule has 126 valence electrons. The average Bonchev–Trinajstić information content (AvgIpc) is 3.20. The van der Waals surface area contributed by atoms with E-state index in [2.05, 4.69) is 29.0 Å². The Kier molecular flexibility index (Phi) is 3.80. The molecule has 0 bridgehead atoms. The summed E-state index contributed by atoms with van der Waals surface area (Å²) in [6, 6.07) is 7.31. The van der Waals surface area contributed by atoms with Crippen LogP contribution < -0.4 is 0 Å². The zero-order chi connectivity index (χ0) is 17.6. The Hall–Kier alpha value is -2.67. The maximum absolute atomic E-state index is 14.2. The van der Waals surface area contributed by atoms with Gasteiger partial charge in [0.05, 0.1) is 16.1 Å². The normalized spacial score (nSPS) is 11.6. The third-order valence-corrected chi connectivity index (χ3v) is 4.84. The Morgan fingerprint density at radius 1 is 1.08 bits per heavy atom. The standard InChI is InChI=1S/C18H14F2N4S/c1-10(2)18-23-22-15-6-3-11(8-24(15)18)17-16(21-9-25-17)13-5-4-12(19)7-14(13)20/h3-10H,1-2H3. The van der Waals surface area contributed by atoms with Crippen LogP contribution in [0.2, 0.25) is 0 Å². The minimum Gasteiger partial charge on any atom is -0.286 e. The van der Waals surface area contributed by atoms with Gasteiger partial charge in [0.2, 0.25) is 0 Å². The highest BCUT2D eigenvalue weighted by atomic mass is 32.1. The van der Waals surface area contributed by atoms with Gasteiger partial charge in [-0.1, -0.05) is 13.8 Å². The fourth-order valence-corrected chi connectivity index (χ4v) is 3.56. The second kappa shape index (κ2) is 6.00. The molecule has 4 rings (SSSR count). The molecule has 0 aliphatic rings. The molecule has 7 heteroatoms. The van der Waals surface area contributed by atoms with Crippen LogP contribution in [0.1, 0.15) is 25.6 Å². The summed E-state index contributed by atoms with van der Waals surface area (Å²) in [5.41, 5.74) is 4.08. The summed E-state index contributed by atoms with van der Waals surface area (Å²) in [4.78, 5) is 5.11. The van der Waals surface area contributed by atoms with Gasteiger partial charge < -0.3 is 0 Å². The van der Waals surface area contributed by atoms with Crippen LogP contribution in [0, 0.1) is 11.6 Å². The van der Waals surface area contributed by atoms with Crippen molar-refractivity contribution in [1.82, 2.24) is 19.6 Å². The minimum absolute atomic E-state index is 0.223. The lowest BCUT2D eigenvalue weighted by Gasteiger charge is -2.07. The monoisotopic (exact) mass is 356 g/mol. The van der Waals surface area contributed by atoms with Gasteiger partial charge in [-0.25, -0.2) is 13.8 Å². The van der Waals surface area contributed by atoms with Gasteiger partial charge in [0, 0.05) is 29.3 Å². The summed E-state index contributed by atoms with van der Waals surface area (Å²) in [7, 11) is 0. The first-order chi connectivity index (χ1) is 12.0. The summed E-state index contributed by atoms with van der Waals surface area (Å²) in [6.07, 6.45) is 1.93. The second-order valence-corrected chi connectivity index (χ2v) is 6.87. The van der Waals surface area contributed by atoms with Crippen molar-refractivity contribution in [3.8, 4) is 21.7 Å². The van der Waals surface area contributed by atoms with Crippen molar-refractivity contribution in [1.29, 1.82) is 0 Å². The zero-order valence-electron chi connectivity index (χ0n) is 13.6. The number of pyridine rings is 1. The van der Waals surface area contributed by atoms with Gasteiger partial charge in [-0.15, -0.1) is 21.5 Å². The maximum atomic E-state index is 14.2. The number of benzene rings is 1. The molecule has 25 heavy (non-hydrogen) atoms. The SMILES string of the molecule is CC(C)c1nnc2ccc(-c3scnc3-c3ccc(F)cc3F)cn12. The minimum atomic E-state index is -0.625. The molecule has 0 aliphatic heterocycles. The number of nitrogens with zero attached hydrogens (tertiary/aromatic N) is 4. The molecule has 3 aromatic heterocycles. The number of thiazole rings is 1. The highest BCUT2D eigenvalue weighted by Crippen LogP contribution is 2.36. The van der Waals surface area contributed by atoms with Gasteiger partial charge >= 0.3 is 0 Å². The second-order valence-electron chi connectivity index (χ2n) is 6.01. The first kappa shape index (κ1) is 15.8. The number of hydrogen-bond donors (Lipinski definition) is 0. The summed E-state index contributed by atoms with van der Waals surface area (Å²) < 4.78 is 29.3. The summed E-state index contributed by atoms with van der Waals surface area (Å²) in [6.45, 7) is 4.10.